The molecule has 1 unspecified atom stereocenters. The molecular weight excluding hydrogens is 234 g/mol. The highest BCUT2D eigenvalue weighted by Gasteiger charge is 2.13. The number of nitrogens with zero attached hydrogens (tertiary/aromatic N) is 1. The highest BCUT2D eigenvalue weighted by atomic mass is 32.1. The van der Waals surface area contributed by atoms with Crippen LogP contribution in [0.2, 0.25) is 0 Å². The van der Waals surface area contributed by atoms with Gasteiger partial charge in [0.05, 0.1) is 15.6 Å². The van der Waals surface area contributed by atoms with Gasteiger partial charge in [0, 0.05) is 11.3 Å². The van der Waals surface area contributed by atoms with E-state index in [2.05, 4.69) is 36.7 Å². The maximum Gasteiger partial charge on any atom is 0.0963 e. The first-order chi connectivity index (χ1) is 7.85. The molecule has 2 aromatic rings. The Labute approximate surface area is 105 Å². The van der Waals surface area contributed by atoms with E-state index in [1.165, 1.54) is 29.1 Å². The zero-order valence-electron chi connectivity index (χ0n) is 9.77. The van der Waals surface area contributed by atoms with Crippen molar-refractivity contribution in [2.75, 3.05) is 0 Å². The zero-order chi connectivity index (χ0) is 11.4. The van der Waals surface area contributed by atoms with Crippen LogP contribution in [0.1, 0.15) is 44.0 Å². The second-order valence-electron chi connectivity index (χ2n) is 3.94. The van der Waals surface area contributed by atoms with E-state index >= 15 is 0 Å². The van der Waals surface area contributed by atoms with Crippen molar-refractivity contribution >= 4 is 22.7 Å². The number of thiazole rings is 1. The number of hydrogen-bond donors (Lipinski definition) is 0. The summed E-state index contributed by atoms with van der Waals surface area (Å²) in [5.41, 5.74) is 1.16. The lowest BCUT2D eigenvalue weighted by Crippen LogP contribution is -1.95. The first kappa shape index (κ1) is 11.8. The molecule has 1 atom stereocenters. The van der Waals surface area contributed by atoms with E-state index in [0.29, 0.717) is 5.92 Å². The molecule has 2 aromatic heterocycles. The minimum Gasteiger partial charge on any atom is -0.240 e. The molecule has 86 valence electrons. The first-order valence-corrected chi connectivity index (χ1v) is 7.60. The minimum atomic E-state index is 0.656. The summed E-state index contributed by atoms with van der Waals surface area (Å²) in [5.74, 6) is 0.656. The predicted octanol–water partition coefficient (Wildman–Crippen LogP) is 5.17. The van der Waals surface area contributed by atoms with Crippen molar-refractivity contribution in [3.05, 3.63) is 27.9 Å². The number of rotatable bonds is 5. The Morgan fingerprint density at radius 3 is 2.81 bits per heavy atom. The lowest BCUT2D eigenvalue weighted by molar-refractivity contribution is 0.593. The molecule has 1 nitrogen and oxygen atoms in total. The third kappa shape index (κ3) is 2.53. The van der Waals surface area contributed by atoms with Crippen LogP contribution in [-0.2, 0) is 0 Å². The number of thiophene rings is 1. The predicted molar refractivity (Wildman–Crippen MR) is 73.4 cm³/mol. The average Bonchev–Trinajstić information content (AvgIpc) is 2.95. The summed E-state index contributed by atoms with van der Waals surface area (Å²) in [6, 6.07) is 4.23. The Balaban J connectivity index is 2.18. The molecule has 0 fully saturated rings. The van der Waals surface area contributed by atoms with Crippen LogP contribution in [0.4, 0.5) is 0 Å². The van der Waals surface area contributed by atoms with E-state index in [9.17, 15) is 0 Å². The molecule has 0 aliphatic rings. The van der Waals surface area contributed by atoms with E-state index in [-0.39, 0.29) is 0 Å². The molecule has 0 saturated heterocycles. The average molecular weight is 251 g/mol. The highest BCUT2D eigenvalue weighted by molar-refractivity contribution is 7.14. The molecule has 3 heteroatoms. The quantitative estimate of drug-likeness (QED) is 0.714. The van der Waals surface area contributed by atoms with Crippen LogP contribution in [0.5, 0.6) is 0 Å². The third-order valence-corrected chi connectivity index (χ3v) is 4.67. The third-order valence-electron chi connectivity index (χ3n) is 2.77. The Morgan fingerprint density at radius 1 is 1.31 bits per heavy atom. The molecule has 0 bridgehead atoms. The molecule has 0 aliphatic carbocycles. The molecule has 0 saturated carbocycles. The van der Waals surface area contributed by atoms with E-state index in [1.807, 2.05) is 11.3 Å². The van der Waals surface area contributed by atoms with Gasteiger partial charge in [-0.05, 0) is 24.3 Å². The smallest absolute Gasteiger partial charge is 0.0963 e. The maximum atomic E-state index is 4.77. The summed E-state index contributed by atoms with van der Waals surface area (Å²) in [6.07, 6.45) is 3.70. The molecule has 2 rings (SSSR count). The van der Waals surface area contributed by atoms with E-state index in [0.717, 1.165) is 5.69 Å². The van der Waals surface area contributed by atoms with Gasteiger partial charge in [0.1, 0.15) is 0 Å². The van der Waals surface area contributed by atoms with Gasteiger partial charge in [-0.1, -0.05) is 26.3 Å². The Kier molecular flexibility index (Phi) is 4.13. The van der Waals surface area contributed by atoms with Gasteiger partial charge in [0.25, 0.3) is 0 Å². The van der Waals surface area contributed by atoms with Crippen molar-refractivity contribution in [1.82, 2.24) is 4.98 Å². The van der Waals surface area contributed by atoms with Gasteiger partial charge in [-0.25, -0.2) is 4.98 Å². The summed E-state index contributed by atoms with van der Waals surface area (Å²) in [6.45, 7) is 4.50. The highest BCUT2D eigenvalue weighted by Crippen LogP contribution is 2.32. The van der Waals surface area contributed by atoms with Gasteiger partial charge in [-0.15, -0.1) is 22.7 Å². The van der Waals surface area contributed by atoms with E-state index < -0.39 is 0 Å². The Bertz CT molecular complexity index is 417. The summed E-state index contributed by atoms with van der Waals surface area (Å²) in [7, 11) is 0. The zero-order valence-corrected chi connectivity index (χ0v) is 11.4. The van der Waals surface area contributed by atoms with Crippen LogP contribution >= 0.6 is 22.7 Å². The number of aromatic nitrogens is 1. The van der Waals surface area contributed by atoms with Crippen LogP contribution < -0.4 is 0 Å². The SMILES string of the molecule is CCCC(CC)c1nc(-c2cccs2)cs1. The van der Waals surface area contributed by atoms with Crippen LogP contribution in [0.15, 0.2) is 22.9 Å². The molecule has 0 radical (unpaired) electrons. The second kappa shape index (κ2) is 5.60. The van der Waals surface area contributed by atoms with E-state index in [1.54, 1.807) is 11.3 Å². The molecule has 0 N–H and O–H groups in total. The lowest BCUT2D eigenvalue weighted by atomic mass is 10.0. The first-order valence-electron chi connectivity index (χ1n) is 5.84. The molecule has 0 aliphatic heterocycles. The lowest BCUT2D eigenvalue weighted by Gasteiger charge is -2.09. The van der Waals surface area contributed by atoms with Crippen molar-refractivity contribution in [3.8, 4) is 10.6 Å². The minimum absolute atomic E-state index is 0.656. The fourth-order valence-electron chi connectivity index (χ4n) is 1.86. The van der Waals surface area contributed by atoms with Gasteiger partial charge in [-0.2, -0.15) is 0 Å². The molecule has 0 spiro atoms. The summed E-state index contributed by atoms with van der Waals surface area (Å²) in [5, 5.41) is 5.62. The monoisotopic (exact) mass is 251 g/mol. The van der Waals surface area contributed by atoms with Gasteiger partial charge in [0.15, 0.2) is 0 Å². The van der Waals surface area contributed by atoms with E-state index in [4.69, 9.17) is 4.98 Å². The van der Waals surface area contributed by atoms with Gasteiger partial charge in [0.2, 0.25) is 0 Å². The van der Waals surface area contributed by atoms with Gasteiger partial charge in [-0.3, -0.25) is 0 Å². The Hall–Kier alpha value is -0.670. The Morgan fingerprint density at radius 2 is 2.19 bits per heavy atom. The van der Waals surface area contributed by atoms with Crippen molar-refractivity contribution in [2.24, 2.45) is 0 Å². The van der Waals surface area contributed by atoms with Crippen molar-refractivity contribution < 1.29 is 0 Å². The normalized spacial score (nSPS) is 12.9. The second-order valence-corrected chi connectivity index (χ2v) is 5.78. The van der Waals surface area contributed by atoms with Crippen LogP contribution in [-0.4, -0.2) is 4.98 Å². The molecule has 0 amide bonds. The van der Waals surface area contributed by atoms with Crippen LogP contribution in [0, 0.1) is 0 Å². The largest absolute Gasteiger partial charge is 0.240 e. The fourth-order valence-corrected chi connectivity index (χ4v) is 3.66. The molecular formula is C13H17NS2. The van der Waals surface area contributed by atoms with Crippen molar-refractivity contribution in [2.45, 2.75) is 39.0 Å². The number of hydrogen-bond acceptors (Lipinski definition) is 3. The molecule has 2 heterocycles. The van der Waals surface area contributed by atoms with Gasteiger partial charge < -0.3 is 0 Å². The van der Waals surface area contributed by atoms with Crippen molar-refractivity contribution in [1.29, 1.82) is 0 Å². The van der Waals surface area contributed by atoms with Gasteiger partial charge >= 0.3 is 0 Å². The standard InChI is InChI=1S/C13H17NS2/c1-3-6-10(4-2)13-14-11(9-16-13)12-7-5-8-15-12/h5,7-10H,3-4,6H2,1-2H3. The summed E-state index contributed by atoms with van der Waals surface area (Å²) >= 11 is 3.58. The fraction of sp³-hybridized carbons (Fsp3) is 0.462. The summed E-state index contributed by atoms with van der Waals surface area (Å²) < 4.78 is 0. The molecule has 16 heavy (non-hydrogen) atoms. The maximum absolute atomic E-state index is 4.77. The molecule has 0 aromatic carbocycles. The summed E-state index contributed by atoms with van der Waals surface area (Å²) in [4.78, 5) is 6.06. The van der Waals surface area contributed by atoms with Crippen LogP contribution in [0.3, 0.4) is 0 Å². The topological polar surface area (TPSA) is 12.9 Å². The van der Waals surface area contributed by atoms with Crippen molar-refractivity contribution in [3.63, 3.8) is 0 Å². The van der Waals surface area contributed by atoms with Crippen LogP contribution in [0.25, 0.3) is 10.6 Å².